The highest BCUT2D eigenvalue weighted by Crippen LogP contribution is 2.32. The van der Waals surface area contributed by atoms with Gasteiger partial charge in [-0.15, -0.1) is 0 Å². The second-order valence-corrected chi connectivity index (χ2v) is 9.89. The van der Waals surface area contributed by atoms with Crippen molar-refractivity contribution in [2.45, 2.75) is 0 Å². The SMILES string of the molecule is O=C(/C=C/c1cccc([N+](=O)[O-])c1)Oc1c(Br)cc(Br)cc1C=NNC(=O)c1cccc(NC(=O)c2ccco2)c1. The summed E-state index contributed by atoms with van der Waals surface area (Å²) in [5.74, 6) is -1.51. The second kappa shape index (κ2) is 13.5. The number of rotatable bonds is 9. The maximum absolute atomic E-state index is 12.7. The Balaban J connectivity index is 1.44. The molecule has 3 aromatic carbocycles. The highest BCUT2D eigenvalue weighted by molar-refractivity contribution is 9.11. The lowest BCUT2D eigenvalue weighted by Crippen LogP contribution is -2.18. The number of benzene rings is 3. The van der Waals surface area contributed by atoms with Crippen molar-refractivity contribution in [3.05, 3.63) is 127 Å². The molecule has 0 fully saturated rings. The quantitative estimate of drug-likeness (QED) is 0.0521. The number of nitro benzene ring substituents is 1. The van der Waals surface area contributed by atoms with Gasteiger partial charge in [0.25, 0.3) is 17.5 Å². The highest BCUT2D eigenvalue weighted by atomic mass is 79.9. The van der Waals surface area contributed by atoms with E-state index >= 15 is 0 Å². The average Bonchev–Trinajstić information content (AvgIpc) is 3.49. The van der Waals surface area contributed by atoms with Gasteiger partial charge in [0.05, 0.1) is 21.9 Å². The van der Waals surface area contributed by atoms with E-state index in [9.17, 15) is 24.5 Å². The largest absolute Gasteiger partial charge is 0.459 e. The maximum Gasteiger partial charge on any atom is 0.336 e. The van der Waals surface area contributed by atoms with Crippen LogP contribution in [0.25, 0.3) is 6.08 Å². The topological polar surface area (TPSA) is 153 Å². The molecule has 1 aromatic heterocycles. The molecule has 4 rings (SSSR count). The molecule has 13 heteroatoms. The molecular weight excluding hydrogens is 664 g/mol. The molecule has 0 bridgehead atoms. The molecule has 1 heterocycles. The van der Waals surface area contributed by atoms with Crippen LogP contribution in [-0.4, -0.2) is 28.9 Å². The summed E-state index contributed by atoms with van der Waals surface area (Å²) in [5.41, 5.74) is 3.69. The van der Waals surface area contributed by atoms with Crippen LogP contribution in [0.2, 0.25) is 0 Å². The van der Waals surface area contributed by atoms with E-state index in [0.29, 0.717) is 25.8 Å². The number of hydrogen-bond donors (Lipinski definition) is 2. The van der Waals surface area contributed by atoms with Crippen LogP contribution in [0.3, 0.4) is 0 Å². The van der Waals surface area contributed by atoms with E-state index in [-0.39, 0.29) is 22.8 Å². The first kappa shape index (κ1) is 29.1. The van der Waals surface area contributed by atoms with E-state index in [1.165, 1.54) is 48.9 Å². The molecule has 0 unspecified atom stereocenters. The first-order valence-electron chi connectivity index (χ1n) is 11.6. The molecule has 0 saturated carbocycles. The van der Waals surface area contributed by atoms with Gasteiger partial charge in [-0.05, 0) is 70.0 Å². The lowest BCUT2D eigenvalue weighted by atomic mass is 10.2. The summed E-state index contributed by atoms with van der Waals surface area (Å²) < 4.78 is 11.6. The fourth-order valence-electron chi connectivity index (χ4n) is 3.39. The van der Waals surface area contributed by atoms with E-state index in [1.807, 2.05) is 0 Å². The molecule has 0 aliphatic heterocycles. The van der Waals surface area contributed by atoms with E-state index in [0.717, 1.165) is 6.08 Å². The van der Waals surface area contributed by atoms with Crippen LogP contribution in [0, 0.1) is 10.1 Å². The Labute approximate surface area is 249 Å². The Bertz CT molecular complexity index is 1680. The zero-order chi connectivity index (χ0) is 29.4. The fourth-order valence-corrected chi connectivity index (χ4v) is 4.73. The van der Waals surface area contributed by atoms with Crippen molar-refractivity contribution in [1.29, 1.82) is 0 Å². The zero-order valence-corrected chi connectivity index (χ0v) is 23.9. The molecule has 0 aliphatic rings. The third kappa shape index (κ3) is 8.06. The van der Waals surface area contributed by atoms with Crippen molar-refractivity contribution in [1.82, 2.24) is 5.43 Å². The zero-order valence-electron chi connectivity index (χ0n) is 20.7. The van der Waals surface area contributed by atoms with Gasteiger partial charge < -0.3 is 14.5 Å². The van der Waals surface area contributed by atoms with Gasteiger partial charge in [0.1, 0.15) is 0 Å². The Morgan fingerprint density at radius 2 is 1.78 bits per heavy atom. The molecular formula is C28H18Br2N4O7. The summed E-state index contributed by atoms with van der Waals surface area (Å²) in [4.78, 5) is 47.8. The molecule has 0 radical (unpaired) electrons. The number of nitrogens with zero attached hydrogens (tertiary/aromatic N) is 2. The number of furan rings is 1. The first-order valence-corrected chi connectivity index (χ1v) is 13.2. The number of nitro groups is 1. The van der Waals surface area contributed by atoms with Gasteiger partial charge in [-0.3, -0.25) is 19.7 Å². The van der Waals surface area contributed by atoms with Crippen molar-refractivity contribution in [3.8, 4) is 5.75 Å². The summed E-state index contributed by atoms with van der Waals surface area (Å²) in [6.07, 6.45) is 5.20. The van der Waals surface area contributed by atoms with Gasteiger partial charge in [-0.1, -0.05) is 34.1 Å². The molecule has 0 saturated heterocycles. The lowest BCUT2D eigenvalue weighted by molar-refractivity contribution is -0.384. The number of amides is 2. The summed E-state index contributed by atoms with van der Waals surface area (Å²) in [7, 11) is 0. The fraction of sp³-hybridized carbons (Fsp3) is 0. The van der Waals surface area contributed by atoms with E-state index in [1.54, 1.807) is 42.5 Å². The van der Waals surface area contributed by atoms with Gasteiger partial charge in [-0.2, -0.15) is 5.10 Å². The summed E-state index contributed by atoms with van der Waals surface area (Å²) in [6.45, 7) is 0. The van der Waals surface area contributed by atoms with Gasteiger partial charge in [-0.25, -0.2) is 10.2 Å². The number of carbonyl (C=O) groups excluding carboxylic acids is 3. The van der Waals surface area contributed by atoms with Crippen molar-refractivity contribution in [3.63, 3.8) is 0 Å². The van der Waals surface area contributed by atoms with Gasteiger partial charge in [0.15, 0.2) is 11.5 Å². The van der Waals surface area contributed by atoms with Crippen LogP contribution in [-0.2, 0) is 4.79 Å². The van der Waals surface area contributed by atoms with Gasteiger partial charge in [0, 0.05) is 39.5 Å². The van der Waals surface area contributed by atoms with Crippen LogP contribution in [0.4, 0.5) is 11.4 Å². The molecule has 11 nitrogen and oxygen atoms in total. The van der Waals surface area contributed by atoms with Crippen LogP contribution in [0.5, 0.6) is 5.75 Å². The minimum atomic E-state index is -0.744. The van der Waals surface area contributed by atoms with E-state index < -0.39 is 22.7 Å². The van der Waals surface area contributed by atoms with Crippen molar-refractivity contribution in [2.75, 3.05) is 5.32 Å². The minimum absolute atomic E-state index is 0.109. The monoisotopic (exact) mass is 680 g/mol. The summed E-state index contributed by atoms with van der Waals surface area (Å²) in [5, 5.41) is 17.6. The van der Waals surface area contributed by atoms with E-state index in [4.69, 9.17) is 9.15 Å². The van der Waals surface area contributed by atoms with Crippen LogP contribution in [0.1, 0.15) is 32.0 Å². The summed E-state index contributed by atoms with van der Waals surface area (Å²) in [6, 6.07) is 18.4. The molecule has 2 amide bonds. The normalized spacial score (nSPS) is 11.0. The van der Waals surface area contributed by atoms with Crippen molar-refractivity contribution < 1.29 is 28.5 Å². The molecule has 0 aliphatic carbocycles. The smallest absolute Gasteiger partial charge is 0.336 e. The summed E-state index contributed by atoms with van der Waals surface area (Å²) >= 11 is 6.71. The lowest BCUT2D eigenvalue weighted by Gasteiger charge is -2.09. The molecule has 0 spiro atoms. The molecule has 206 valence electrons. The first-order chi connectivity index (χ1) is 19.7. The second-order valence-electron chi connectivity index (χ2n) is 8.12. The number of ether oxygens (including phenoxy) is 1. The Morgan fingerprint density at radius 1 is 0.976 bits per heavy atom. The number of esters is 1. The van der Waals surface area contributed by atoms with Gasteiger partial charge in [0.2, 0.25) is 0 Å². The number of halogens is 2. The van der Waals surface area contributed by atoms with Crippen molar-refractivity contribution >= 4 is 73.3 Å². The standard InChI is InChI=1S/C28H18Br2N4O7/c29-20-13-19(26(23(30)15-20)41-25(35)10-9-17-4-1-7-22(12-17)34(38)39)16-31-33-27(36)18-5-2-6-21(14-18)32-28(37)24-8-3-11-40-24/h1-16H,(H,32,37)(H,33,36)/b10-9+,31-16?. The molecule has 0 atom stereocenters. The molecule has 41 heavy (non-hydrogen) atoms. The van der Waals surface area contributed by atoms with Crippen LogP contribution in [0.15, 0.2) is 104 Å². The number of hydrogen-bond acceptors (Lipinski definition) is 8. The van der Waals surface area contributed by atoms with Crippen molar-refractivity contribution in [2.24, 2.45) is 5.10 Å². The van der Waals surface area contributed by atoms with Crippen LogP contribution < -0.4 is 15.5 Å². The molecule has 4 aromatic rings. The number of nitrogens with one attached hydrogen (secondary N) is 2. The predicted molar refractivity (Wildman–Crippen MR) is 158 cm³/mol. The predicted octanol–water partition coefficient (Wildman–Crippen LogP) is 6.35. The third-order valence-electron chi connectivity index (χ3n) is 5.23. The Hall–Kier alpha value is -4.88. The number of anilines is 1. The number of hydrazone groups is 1. The average molecular weight is 682 g/mol. The number of non-ortho nitro benzene ring substituents is 1. The maximum atomic E-state index is 12.7. The van der Waals surface area contributed by atoms with Gasteiger partial charge >= 0.3 is 5.97 Å². The van der Waals surface area contributed by atoms with Crippen LogP contribution >= 0.6 is 31.9 Å². The number of carbonyl (C=O) groups is 3. The Morgan fingerprint density at radius 3 is 2.54 bits per heavy atom. The van der Waals surface area contributed by atoms with E-state index in [2.05, 4.69) is 47.7 Å². The highest BCUT2D eigenvalue weighted by Gasteiger charge is 2.14. The third-order valence-corrected chi connectivity index (χ3v) is 6.28. The minimum Gasteiger partial charge on any atom is -0.459 e. The Kier molecular flexibility index (Phi) is 9.55. The molecule has 2 N–H and O–H groups in total.